The fourth-order valence-electron chi connectivity index (χ4n) is 5.48. The molecule has 0 radical (unpaired) electrons. The summed E-state index contributed by atoms with van der Waals surface area (Å²) in [6, 6.07) is 11.4. The number of nitrogens with zero attached hydrogens (tertiary/aromatic N) is 4. The molecule has 2 aromatic heterocycles. The Morgan fingerprint density at radius 3 is 2.34 bits per heavy atom. The number of carbonyl (C=O) groups is 1. The molecule has 3 heterocycles. The van der Waals surface area contributed by atoms with Crippen molar-refractivity contribution in [2.45, 2.75) is 77.3 Å². The minimum atomic E-state index is -4.45. The minimum absolute atomic E-state index is 0.00638. The molecule has 1 aliphatic rings. The van der Waals surface area contributed by atoms with E-state index in [1.165, 1.54) is 16.9 Å². The van der Waals surface area contributed by atoms with Crippen LogP contribution in [0.25, 0.3) is 5.82 Å². The first kappa shape index (κ1) is 33.7. The van der Waals surface area contributed by atoms with Crippen molar-refractivity contribution in [3.8, 4) is 11.7 Å². The molecule has 3 aromatic rings. The highest BCUT2D eigenvalue weighted by Gasteiger charge is 2.48. The summed E-state index contributed by atoms with van der Waals surface area (Å²) in [5.41, 5.74) is -2.26. The van der Waals surface area contributed by atoms with Crippen molar-refractivity contribution in [2.24, 2.45) is 11.3 Å². The minimum Gasteiger partial charge on any atom is -0.476 e. The summed E-state index contributed by atoms with van der Waals surface area (Å²) < 4.78 is 73.9. The van der Waals surface area contributed by atoms with E-state index < -0.39 is 47.6 Å². The molecule has 1 aromatic carbocycles. The SMILES string of the molecule is C[C@@H]1CN(c2nc(-n3ccc(OCC(C)(C)C(F)(F)F)n3)ccc2C(=O)CS(=O)(=O)c2ccccc2[Si](C)(C)C)C(C)(C)C1. The summed E-state index contributed by atoms with van der Waals surface area (Å²) in [4.78, 5) is 20.8. The maximum atomic E-state index is 13.8. The number of ether oxygens (including phenoxy) is 1. The van der Waals surface area contributed by atoms with Gasteiger partial charge in [0.15, 0.2) is 21.4 Å². The fraction of sp³-hybridized carbons (Fsp3) is 0.516. The van der Waals surface area contributed by atoms with Gasteiger partial charge in [-0.1, -0.05) is 44.8 Å². The lowest BCUT2D eigenvalue weighted by molar-refractivity contribution is -0.219. The van der Waals surface area contributed by atoms with Crippen molar-refractivity contribution in [1.82, 2.24) is 14.8 Å². The molecular weight excluding hydrogens is 610 g/mol. The van der Waals surface area contributed by atoms with E-state index in [9.17, 15) is 26.4 Å². The normalized spacial score (nSPS) is 17.6. The first-order chi connectivity index (χ1) is 20.1. The van der Waals surface area contributed by atoms with E-state index in [0.717, 1.165) is 25.5 Å². The molecule has 44 heavy (non-hydrogen) atoms. The zero-order chi connectivity index (χ0) is 32.9. The Bertz CT molecular complexity index is 1650. The van der Waals surface area contributed by atoms with E-state index in [1.807, 2.05) is 30.9 Å². The summed E-state index contributed by atoms with van der Waals surface area (Å²) in [6.45, 7) is 14.5. The number of benzene rings is 1. The predicted molar refractivity (Wildman–Crippen MR) is 168 cm³/mol. The van der Waals surface area contributed by atoms with Crippen molar-refractivity contribution in [2.75, 3.05) is 23.8 Å². The van der Waals surface area contributed by atoms with Gasteiger partial charge in [-0.2, -0.15) is 13.2 Å². The maximum absolute atomic E-state index is 13.8. The summed E-state index contributed by atoms with van der Waals surface area (Å²) in [5.74, 6) is -0.337. The molecule has 1 atom stereocenters. The van der Waals surface area contributed by atoms with E-state index in [2.05, 4.69) is 31.7 Å². The van der Waals surface area contributed by atoms with E-state index in [0.29, 0.717) is 24.1 Å². The summed E-state index contributed by atoms with van der Waals surface area (Å²) in [7, 11) is -6.00. The number of rotatable bonds is 10. The average molecular weight is 651 g/mol. The molecule has 0 unspecified atom stereocenters. The van der Waals surface area contributed by atoms with E-state index in [1.54, 1.807) is 24.3 Å². The van der Waals surface area contributed by atoms with Crippen LogP contribution in [0.5, 0.6) is 5.88 Å². The van der Waals surface area contributed by atoms with Gasteiger partial charge in [-0.25, -0.2) is 18.1 Å². The molecule has 240 valence electrons. The topological polar surface area (TPSA) is 94.4 Å². The molecule has 0 amide bonds. The molecular formula is C31H41F3N4O4SSi. The van der Waals surface area contributed by atoms with Crippen LogP contribution in [-0.4, -0.2) is 67.7 Å². The third-order valence-corrected chi connectivity index (χ3v) is 11.9. The number of Topliss-reactive ketones (excluding diaryl/α,β-unsaturated/α-hetero) is 1. The van der Waals surface area contributed by atoms with Crippen LogP contribution < -0.4 is 14.8 Å². The van der Waals surface area contributed by atoms with Gasteiger partial charge in [-0.3, -0.25) is 4.79 Å². The van der Waals surface area contributed by atoms with E-state index in [4.69, 9.17) is 9.72 Å². The van der Waals surface area contributed by atoms with Crippen LogP contribution in [-0.2, 0) is 9.84 Å². The van der Waals surface area contributed by atoms with Crippen LogP contribution in [0, 0.1) is 11.3 Å². The van der Waals surface area contributed by atoms with Gasteiger partial charge < -0.3 is 9.64 Å². The maximum Gasteiger partial charge on any atom is 0.397 e. The van der Waals surface area contributed by atoms with Gasteiger partial charge in [-0.05, 0) is 63.4 Å². The van der Waals surface area contributed by atoms with E-state index in [-0.39, 0.29) is 21.9 Å². The molecule has 1 fully saturated rings. The highest BCUT2D eigenvalue weighted by molar-refractivity contribution is 7.92. The monoisotopic (exact) mass is 650 g/mol. The number of halogens is 3. The zero-order valence-electron chi connectivity index (χ0n) is 26.5. The number of anilines is 1. The van der Waals surface area contributed by atoms with Crippen LogP contribution in [0.1, 0.15) is 51.4 Å². The van der Waals surface area contributed by atoms with Crippen LogP contribution in [0.2, 0.25) is 19.6 Å². The lowest BCUT2D eigenvalue weighted by Crippen LogP contribution is -2.42. The van der Waals surface area contributed by atoms with Gasteiger partial charge in [0.05, 0.1) is 23.9 Å². The Kier molecular flexibility index (Phi) is 8.90. The molecule has 0 bridgehead atoms. The highest BCUT2D eigenvalue weighted by atomic mass is 32.2. The molecule has 0 N–H and O–H groups in total. The second kappa shape index (κ2) is 11.6. The summed E-state index contributed by atoms with van der Waals surface area (Å²) in [6.07, 6.45) is -2.10. The summed E-state index contributed by atoms with van der Waals surface area (Å²) >= 11 is 0. The van der Waals surface area contributed by atoms with Gasteiger partial charge in [0, 0.05) is 24.3 Å². The Hall–Kier alpha value is -3.19. The number of aromatic nitrogens is 3. The number of carbonyl (C=O) groups excluding carboxylic acids is 1. The quantitative estimate of drug-likeness (QED) is 0.195. The summed E-state index contributed by atoms with van der Waals surface area (Å²) in [5, 5.41) is 5.03. The molecule has 0 spiro atoms. The predicted octanol–water partition coefficient (Wildman–Crippen LogP) is 6.06. The standard InChI is InChI=1S/C31H41F3N4O4SSi/c1-21-17-30(4,5)37(18-21)28-22(23(39)19-43(40,41)24-11-9-10-12-25(24)44(6,7)8)13-14-26(35-28)38-16-15-27(36-38)42-20-29(2,3)31(32,33)34/h9-16,21H,17-20H2,1-8H3/t21-/m0/s1. The van der Waals surface area contributed by atoms with Crippen molar-refractivity contribution in [3.05, 3.63) is 54.2 Å². The van der Waals surface area contributed by atoms with Gasteiger partial charge in [0.1, 0.15) is 18.2 Å². The van der Waals surface area contributed by atoms with Gasteiger partial charge in [0.2, 0.25) is 5.88 Å². The average Bonchev–Trinajstić information content (AvgIpc) is 3.48. The molecule has 0 aliphatic carbocycles. The molecule has 1 saturated heterocycles. The van der Waals surface area contributed by atoms with Crippen LogP contribution >= 0.6 is 0 Å². The van der Waals surface area contributed by atoms with Crippen LogP contribution in [0.15, 0.2) is 53.6 Å². The number of hydrogen-bond acceptors (Lipinski definition) is 7. The smallest absolute Gasteiger partial charge is 0.397 e. The fourth-order valence-corrected chi connectivity index (χ4v) is 9.63. The largest absolute Gasteiger partial charge is 0.476 e. The van der Waals surface area contributed by atoms with Gasteiger partial charge in [-0.15, -0.1) is 5.10 Å². The molecule has 8 nitrogen and oxygen atoms in total. The van der Waals surface area contributed by atoms with E-state index >= 15 is 0 Å². The molecule has 4 rings (SSSR count). The molecule has 13 heteroatoms. The van der Waals surface area contributed by atoms with Crippen LogP contribution in [0.4, 0.5) is 19.0 Å². The first-order valence-corrected chi connectivity index (χ1v) is 19.7. The number of hydrogen-bond donors (Lipinski definition) is 0. The second-order valence-electron chi connectivity index (χ2n) is 14.0. The third-order valence-electron chi connectivity index (χ3n) is 7.99. The highest BCUT2D eigenvalue weighted by Crippen LogP contribution is 2.39. The lowest BCUT2D eigenvalue weighted by atomic mass is 9.94. The number of pyridine rings is 1. The lowest BCUT2D eigenvalue weighted by Gasteiger charge is -2.34. The third kappa shape index (κ3) is 7.03. The van der Waals surface area contributed by atoms with Gasteiger partial charge >= 0.3 is 6.18 Å². The van der Waals surface area contributed by atoms with Gasteiger partial charge in [0.25, 0.3) is 0 Å². The number of sulfone groups is 1. The second-order valence-corrected chi connectivity index (χ2v) is 21.0. The van der Waals surface area contributed by atoms with Crippen molar-refractivity contribution >= 4 is 34.7 Å². The Morgan fingerprint density at radius 2 is 1.75 bits per heavy atom. The van der Waals surface area contributed by atoms with Crippen molar-refractivity contribution in [3.63, 3.8) is 0 Å². The van der Waals surface area contributed by atoms with Crippen LogP contribution in [0.3, 0.4) is 0 Å². The number of ketones is 1. The first-order valence-electron chi connectivity index (χ1n) is 14.5. The molecule has 0 saturated carbocycles. The molecule has 1 aliphatic heterocycles. The van der Waals surface area contributed by atoms with Crippen molar-refractivity contribution in [1.29, 1.82) is 0 Å². The Labute approximate surface area is 258 Å². The zero-order valence-corrected chi connectivity index (χ0v) is 28.3. The Balaban J connectivity index is 1.70. The van der Waals surface area contributed by atoms with Crippen molar-refractivity contribution < 1.29 is 31.1 Å². The Morgan fingerprint density at radius 1 is 1.09 bits per heavy atom. The number of alkyl halides is 3.